The fourth-order valence-corrected chi connectivity index (χ4v) is 3.29. The van der Waals surface area contributed by atoms with E-state index in [-0.39, 0.29) is 11.5 Å². The number of nitro benzene ring substituents is 1. The van der Waals surface area contributed by atoms with Crippen LogP contribution in [0, 0.1) is 10.1 Å². The number of benzene rings is 2. The Kier molecular flexibility index (Phi) is 3.28. The van der Waals surface area contributed by atoms with E-state index in [0.29, 0.717) is 23.3 Å². The van der Waals surface area contributed by atoms with Crippen LogP contribution in [0.15, 0.2) is 52.3 Å². The quantitative estimate of drug-likeness (QED) is 0.634. The summed E-state index contributed by atoms with van der Waals surface area (Å²) < 4.78 is 0. The highest BCUT2D eigenvalue weighted by atomic mass is 32.2. The van der Waals surface area contributed by atoms with Gasteiger partial charge in [0, 0.05) is 22.9 Å². The van der Waals surface area contributed by atoms with Crippen molar-refractivity contribution in [2.75, 3.05) is 0 Å². The lowest BCUT2D eigenvalue weighted by atomic mass is 10.1. The van der Waals surface area contributed by atoms with E-state index in [2.05, 4.69) is 0 Å². The highest BCUT2D eigenvalue weighted by molar-refractivity contribution is 7.99. The number of Topliss-reactive ketones (excluding diaryl/α,β-unsaturated/α-hetero) is 1. The number of ketones is 1. The molecule has 0 atom stereocenters. The topological polar surface area (TPSA) is 60.2 Å². The van der Waals surface area contributed by atoms with E-state index in [1.807, 2.05) is 30.3 Å². The van der Waals surface area contributed by atoms with Crippen molar-refractivity contribution >= 4 is 23.2 Å². The molecule has 0 radical (unpaired) electrons. The summed E-state index contributed by atoms with van der Waals surface area (Å²) in [6, 6.07) is 12.7. The number of nitrogens with zero attached hydrogens (tertiary/aromatic N) is 1. The number of fused-ring (bicyclic) bond motifs is 1. The van der Waals surface area contributed by atoms with Crippen LogP contribution in [0.1, 0.15) is 22.3 Å². The van der Waals surface area contributed by atoms with Crippen molar-refractivity contribution in [2.45, 2.75) is 22.6 Å². The van der Waals surface area contributed by atoms with Crippen molar-refractivity contribution in [1.82, 2.24) is 0 Å². The van der Waals surface area contributed by atoms with Crippen molar-refractivity contribution in [2.24, 2.45) is 0 Å². The fourth-order valence-electron chi connectivity index (χ4n) is 2.30. The highest BCUT2D eigenvalue weighted by Gasteiger charge is 2.26. The van der Waals surface area contributed by atoms with E-state index in [1.165, 1.54) is 17.8 Å². The van der Waals surface area contributed by atoms with Gasteiger partial charge in [0.2, 0.25) is 0 Å². The van der Waals surface area contributed by atoms with E-state index >= 15 is 0 Å². The van der Waals surface area contributed by atoms with Gasteiger partial charge in [0.05, 0.1) is 9.82 Å². The third-order valence-electron chi connectivity index (χ3n) is 3.27. The van der Waals surface area contributed by atoms with Crippen LogP contribution in [-0.4, -0.2) is 10.7 Å². The van der Waals surface area contributed by atoms with Gasteiger partial charge in [-0.25, -0.2) is 0 Å². The van der Waals surface area contributed by atoms with Crippen LogP contribution in [0.4, 0.5) is 5.69 Å². The lowest BCUT2D eigenvalue weighted by Crippen LogP contribution is -1.97. The molecule has 0 bridgehead atoms. The summed E-state index contributed by atoms with van der Waals surface area (Å²) in [5.74, 6) is -0.000592. The van der Waals surface area contributed by atoms with Crippen LogP contribution < -0.4 is 0 Å². The zero-order valence-electron chi connectivity index (χ0n) is 10.5. The van der Waals surface area contributed by atoms with Crippen LogP contribution in [0.25, 0.3) is 0 Å². The Morgan fingerprint density at radius 3 is 2.55 bits per heavy atom. The summed E-state index contributed by atoms with van der Waals surface area (Å²) in [7, 11) is 0. The third-order valence-corrected chi connectivity index (χ3v) is 4.33. The molecule has 2 aromatic carbocycles. The maximum absolute atomic E-state index is 11.7. The van der Waals surface area contributed by atoms with Gasteiger partial charge in [-0.15, -0.1) is 0 Å². The van der Waals surface area contributed by atoms with Crippen LogP contribution >= 0.6 is 11.8 Å². The molecule has 1 aliphatic carbocycles. The van der Waals surface area contributed by atoms with Crippen molar-refractivity contribution < 1.29 is 9.72 Å². The second-order valence-corrected chi connectivity index (χ2v) is 5.69. The Balaban J connectivity index is 2.06. The molecule has 100 valence electrons. The molecule has 0 N–H and O–H groups in total. The van der Waals surface area contributed by atoms with Gasteiger partial charge in [0.1, 0.15) is 0 Å². The fraction of sp³-hybridized carbons (Fsp3) is 0.133. The highest BCUT2D eigenvalue weighted by Crippen LogP contribution is 2.38. The maximum Gasteiger partial charge on any atom is 0.283 e. The van der Waals surface area contributed by atoms with Gasteiger partial charge in [-0.05, 0) is 30.2 Å². The average Bonchev–Trinajstić information content (AvgIpc) is 2.80. The molecule has 20 heavy (non-hydrogen) atoms. The Labute approximate surface area is 120 Å². The molecule has 0 heterocycles. The SMILES string of the molecule is O=C1CCc2cc(Sc3ccccc3)c([N+](=O)[O-])cc21. The largest absolute Gasteiger partial charge is 0.294 e. The molecule has 2 aromatic rings. The molecule has 0 saturated carbocycles. The summed E-state index contributed by atoms with van der Waals surface area (Å²) in [6.45, 7) is 0. The molecule has 5 heteroatoms. The minimum Gasteiger partial charge on any atom is -0.294 e. The van der Waals surface area contributed by atoms with Crippen LogP contribution in [0.3, 0.4) is 0 Å². The van der Waals surface area contributed by atoms with E-state index in [0.717, 1.165) is 10.5 Å². The van der Waals surface area contributed by atoms with Gasteiger partial charge in [-0.3, -0.25) is 14.9 Å². The Morgan fingerprint density at radius 1 is 1.10 bits per heavy atom. The summed E-state index contributed by atoms with van der Waals surface area (Å²) in [6.07, 6.45) is 1.13. The zero-order valence-corrected chi connectivity index (χ0v) is 11.4. The maximum atomic E-state index is 11.7. The standard InChI is InChI=1S/C15H11NO3S/c17-14-7-6-10-8-15(13(16(18)19)9-12(10)14)20-11-4-2-1-3-5-11/h1-5,8-9H,6-7H2. The minimum absolute atomic E-state index is 0.000592. The Bertz CT molecular complexity index is 698. The lowest BCUT2D eigenvalue weighted by Gasteiger charge is -2.06. The second-order valence-electron chi connectivity index (χ2n) is 4.57. The first-order valence-corrected chi connectivity index (χ1v) is 7.04. The molecule has 0 aliphatic heterocycles. The zero-order chi connectivity index (χ0) is 14.1. The number of aryl methyl sites for hydroxylation is 1. The molecule has 0 spiro atoms. The first-order chi connectivity index (χ1) is 9.65. The van der Waals surface area contributed by atoms with E-state index < -0.39 is 4.92 Å². The first kappa shape index (κ1) is 12.9. The number of nitro groups is 1. The molecule has 4 nitrogen and oxygen atoms in total. The summed E-state index contributed by atoms with van der Waals surface area (Å²) in [4.78, 5) is 24.0. The summed E-state index contributed by atoms with van der Waals surface area (Å²) in [5, 5.41) is 11.2. The smallest absolute Gasteiger partial charge is 0.283 e. The molecular weight excluding hydrogens is 274 g/mol. The Hall–Kier alpha value is -2.14. The third kappa shape index (κ3) is 2.32. The molecule has 0 amide bonds. The lowest BCUT2D eigenvalue weighted by molar-refractivity contribution is -0.387. The Morgan fingerprint density at radius 2 is 1.85 bits per heavy atom. The van der Waals surface area contributed by atoms with Gasteiger partial charge in [0.25, 0.3) is 5.69 Å². The monoisotopic (exact) mass is 285 g/mol. The van der Waals surface area contributed by atoms with E-state index in [1.54, 1.807) is 6.07 Å². The molecule has 0 fully saturated rings. The number of rotatable bonds is 3. The number of carbonyl (C=O) groups is 1. The molecule has 0 aromatic heterocycles. The molecule has 0 unspecified atom stereocenters. The predicted octanol–water partition coefficient (Wildman–Crippen LogP) is 3.87. The van der Waals surface area contributed by atoms with E-state index in [9.17, 15) is 14.9 Å². The van der Waals surface area contributed by atoms with Crippen LogP contribution in [0.5, 0.6) is 0 Å². The number of hydrogen-bond donors (Lipinski definition) is 0. The molecular formula is C15H11NO3S. The van der Waals surface area contributed by atoms with Crippen molar-refractivity contribution in [3.8, 4) is 0 Å². The summed E-state index contributed by atoms with van der Waals surface area (Å²) >= 11 is 1.36. The molecule has 1 aliphatic rings. The van der Waals surface area contributed by atoms with Gasteiger partial charge >= 0.3 is 0 Å². The van der Waals surface area contributed by atoms with Gasteiger partial charge in [-0.1, -0.05) is 30.0 Å². The minimum atomic E-state index is -0.419. The number of carbonyl (C=O) groups excluding carboxylic acids is 1. The van der Waals surface area contributed by atoms with Crippen molar-refractivity contribution in [3.05, 3.63) is 63.7 Å². The first-order valence-electron chi connectivity index (χ1n) is 6.22. The summed E-state index contributed by atoms with van der Waals surface area (Å²) in [5.41, 5.74) is 1.43. The number of hydrogen-bond acceptors (Lipinski definition) is 4. The van der Waals surface area contributed by atoms with Crippen LogP contribution in [0.2, 0.25) is 0 Å². The predicted molar refractivity (Wildman–Crippen MR) is 76.3 cm³/mol. The van der Waals surface area contributed by atoms with Crippen molar-refractivity contribution in [3.63, 3.8) is 0 Å². The second kappa shape index (κ2) is 5.09. The van der Waals surface area contributed by atoms with E-state index in [4.69, 9.17) is 0 Å². The normalized spacial score (nSPS) is 13.3. The molecule has 3 rings (SSSR count). The van der Waals surface area contributed by atoms with Gasteiger partial charge in [0.15, 0.2) is 5.78 Å². The van der Waals surface area contributed by atoms with Crippen molar-refractivity contribution in [1.29, 1.82) is 0 Å². The van der Waals surface area contributed by atoms with Gasteiger partial charge in [-0.2, -0.15) is 0 Å². The molecule has 0 saturated heterocycles. The van der Waals surface area contributed by atoms with Crippen LogP contribution in [-0.2, 0) is 6.42 Å². The average molecular weight is 285 g/mol. The van der Waals surface area contributed by atoms with Gasteiger partial charge < -0.3 is 0 Å².